The van der Waals surface area contributed by atoms with Crippen LogP contribution in [0.3, 0.4) is 0 Å². The van der Waals surface area contributed by atoms with E-state index in [4.69, 9.17) is 10.5 Å². The molecular weight excluding hydrogens is 524 g/mol. The lowest BCUT2D eigenvalue weighted by atomic mass is 9.87. The van der Waals surface area contributed by atoms with Crippen molar-refractivity contribution >= 4 is 40.3 Å². The molecule has 216 valence electrons. The first-order valence-electron chi connectivity index (χ1n) is 13.6. The number of fused-ring (bicyclic) bond motifs is 1. The standard InChI is InChI=1S/C31H36N4O6/c1-31(2,3)41-30(40)34-25(18-26(32)37)29(39)35(23-9-6-10-23)27(20-12-15-24(36)16-13-20)28(38)33-22-14-11-19-7-4-5-8-21(19)17-22/h4-5,7-8,11-17,23,25,27,36H,6,9-10,18H2,1-3H3,(H2,32,37)(H,33,38)(H,34,40). The number of carbonyl (C=O) groups excluding carboxylic acids is 4. The number of rotatable bonds is 9. The molecule has 4 amide bonds. The van der Waals surface area contributed by atoms with Crippen molar-refractivity contribution in [3.63, 3.8) is 0 Å². The van der Waals surface area contributed by atoms with Gasteiger partial charge in [0.15, 0.2) is 0 Å². The van der Waals surface area contributed by atoms with Crippen LogP contribution in [-0.4, -0.2) is 51.5 Å². The molecule has 0 spiro atoms. The molecule has 1 aliphatic rings. The molecule has 0 heterocycles. The number of nitrogens with two attached hydrogens (primary N) is 1. The topological polar surface area (TPSA) is 151 Å². The van der Waals surface area contributed by atoms with Gasteiger partial charge in [0.1, 0.15) is 23.4 Å². The van der Waals surface area contributed by atoms with Crippen molar-refractivity contribution in [3.05, 3.63) is 72.3 Å². The summed E-state index contributed by atoms with van der Waals surface area (Å²) in [4.78, 5) is 54.2. The first kappa shape index (κ1) is 29.4. The molecule has 0 aromatic heterocycles. The molecule has 41 heavy (non-hydrogen) atoms. The largest absolute Gasteiger partial charge is 0.508 e. The van der Waals surface area contributed by atoms with Crippen molar-refractivity contribution < 1.29 is 29.0 Å². The molecule has 1 aliphatic carbocycles. The van der Waals surface area contributed by atoms with Crippen LogP contribution in [-0.2, 0) is 19.1 Å². The van der Waals surface area contributed by atoms with Gasteiger partial charge in [0, 0.05) is 11.7 Å². The Balaban J connectivity index is 1.71. The van der Waals surface area contributed by atoms with E-state index in [1.165, 1.54) is 17.0 Å². The van der Waals surface area contributed by atoms with Crippen LogP contribution in [0.25, 0.3) is 10.8 Å². The zero-order valence-electron chi connectivity index (χ0n) is 23.4. The molecule has 0 radical (unpaired) electrons. The number of nitrogens with zero attached hydrogens (tertiary/aromatic N) is 1. The quantitative estimate of drug-likeness (QED) is 0.305. The van der Waals surface area contributed by atoms with E-state index in [0.717, 1.165) is 17.2 Å². The lowest BCUT2D eigenvalue weighted by Gasteiger charge is -2.43. The van der Waals surface area contributed by atoms with Crippen LogP contribution in [0.1, 0.15) is 58.1 Å². The lowest BCUT2D eigenvalue weighted by molar-refractivity contribution is -0.146. The fraction of sp³-hybridized carbons (Fsp3) is 0.355. The minimum atomic E-state index is -1.35. The zero-order valence-corrected chi connectivity index (χ0v) is 23.4. The van der Waals surface area contributed by atoms with Gasteiger partial charge in [-0.3, -0.25) is 14.4 Å². The van der Waals surface area contributed by atoms with E-state index >= 15 is 0 Å². The fourth-order valence-corrected chi connectivity index (χ4v) is 4.79. The van der Waals surface area contributed by atoms with Crippen molar-refractivity contribution in [3.8, 4) is 5.75 Å². The van der Waals surface area contributed by atoms with Crippen LogP contribution in [0.15, 0.2) is 66.7 Å². The number of ether oxygens (including phenoxy) is 1. The number of phenolic OH excluding ortho intramolecular Hbond substituents is 1. The van der Waals surface area contributed by atoms with E-state index in [1.807, 2.05) is 36.4 Å². The molecule has 2 atom stereocenters. The minimum absolute atomic E-state index is 0.00200. The molecule has 1 saturated carbocycles. The van der Waals surface area contributed by atoms with Crippen LogP contribution in [0.5, 0.6) is 5.75 Å². The Morgan fingerprint density at radius 2 is 1.66 bits per heavy atom. The molecule has 0 saturated heterocycles. The molecule has 5 N–H and O–H groups in total. The summed E-state index contributed by atoms with van der Waals surface area (Å²) >= 11 is 0. The maximum atomic E-state index is 14.1. The third-order valence-electron chi connectivity index (χ3n) is 6.87. The van der Waals surface area contributed by atoms with Crippen LogP contribution in [0.4, 0.5) is 10.5 Å². The molecule has 3 aromatic carbocycles. The van der Waals surface area contributed by atoms with E-state index in [2.05, 4.69) is 10.6 Å². The summed E-state index contributed by atoms with van der Waals surface area (Å²) in [5.74, 6) is -1.91. The summed E-state index contributed by atoms with van der Waals surface area (Å²) in [5.41, 5.74) is 5.61. The summed E-state index contributed by atoms with van der Waals surface area (Å²) in [6, 6.07) is 16.5. The fourth-order valence-electron chi connectivity index (χ4n) is 4.79. The summed E-state index contributed by atoms with van der Waals surface area (Å²) in [6.07, 6.45) is 0.768. The Kier molecular flexibility index (Phi) is 8.80. The monoisotopic (exact) mass is 560 g/mol. The summed E-state index contributed by atoms with van der Waals surface area (Å²) in [5, 5.41) is 17.3. The maximum Gasteiger partial charge on any atom is 0.408 e. The summed E-state index contributed by atoms with van der Waals surface area (Å²) in [6.45, 7) is 5.03. The van der Waals surface area contributed by atoms with Crippen LogP contribution in [0, 0.1) is 0 Å². The Labute approximate surface area is 238 Å². The highest BCUT2D eigenvalue weighted by atomic mass is 16.6. The van der Waals surface area contributed by atoms with Crippen LogP contribution < -0.4 is 16.4 Å². The van der Waals surface area contributed by atoms with Crippen molar-refractivity contribution in [2.75, 3.05) is 5.32 Å². The van der Waals surface area contributed by atoms with Gasteiger partial charge in [0.05, 0.1) is 6.42 Å². The van der Waals surface area contributed by atoms with Gasteiger partial charge in [-0.2, -0.15) is 0 Å². The van der Waals surface area contributed by atoms with Gasteiger partial charge in [-0.15, -0.1) is 0 Å². The van der Waals surface area contributed by atoms with Gasteiger partial charge in [-0.1, -0.05) is 42.5 Å². The van der Waals surface area contributed by atoms with Gasteiger partial charge in [0.2, 0.25) is 11.8 Å². The second-order valence-corrected chi connectivity index (χ2v) is 11.2. The van der Waals surface area contributed by atoms with Gasteiger partial charge in [-0.25, -0.2) is 4.79 Å². The molecule has 1 fully saturated rings. The third kappa shape index (κ3) is 7.53. The lowest BCUT2D eigenvalue weighted by Crippen LogP contribution is -2.57. The van der Waals surface area contributed by atoms with Gasteiger partial charge in [0.25, 0.3) is 5.91 Å². The molecule has 0 aliphatic heterocycles. The number of carbonyl (C=O) groups is 4. The summed E-state index contributed by atoms with van der Waals surface area (Å²) < 4.78 is 5.32. The molecule has 0 bridgehead atoms. The first-order chi connectivity index (χ1) is 19.4. The number of amides is 4. The summed E-state index contributed by atoms with van der Waals surface area (Å²) in [7, 11) is 0. The number of anilines is 1. The number of primary amides is 1. The molecule has 3 aromatic rings. The van der Waals surface area contributed by atoms with E-state index < -0.39 is 47.9 Å². The smallest absolute Gasteiger partial charge is 0.408 e. The Bertz CT molecular complexity index is 1430. The van der Waals surface area contributed by atoms with E-state index in [-0.39, 0.29) is 11.8 Å². The van der Waals surface area contributed by atoms with Crippen molar-refractivity contribution in [1.82, 2.24) is 10.2 Å². The maximum absolute atomic E-state index is 14.1. The van der Waals surface area contributed by atoms with Crippen molar-refractivity contribution in [2.45, 2.75) is 70.2 Å². The number of aromatic hydroxyl groups is 1. The number of hydrogen-bond acceptors (Lipinski definition) is 6. The predicted octanol–water partition coefficient (Wildman–Crippen LogP) is 4.38. The highest BCUT2D eigenvalue weighted by Crippen LogP contribution is 2.35. The van der Waals surface area contributed by atoms with Gasteiger partial charge in [-0.05, 0) is 80.6 Å². The number of benzene rings is 3. The second-order valence-electron chi connectivity index (χ2n) is 11.2. The number of nitrogens with one attached hydrogen (secondary N) is 2. The number of alkyl carbamates (subject to hydrolysis) is 1. The molecule has 2 unspecified atom stereocenters. The second kappa shape index (κ2) is 12.3. The van der Waals surface area contributed by atoms with E-state index in [9.17, 15) is 24.3 Å². The van der Waals surface area contributed by atoms with Crippen molar-refractivity contribution in [2.24, 2.45) is 5.73 Å². The van der Waals surface area contributed by atoms with E-state index in [0.29, 0.717) is 24.1 Å². The highest BCUT2D eigenvalue weighted by Gasteiger charge is 2.42. The average Bonchev–Trinajstić information content (AvgIpc) is 2.86. The molecule has 10 heteroatoms. The van der Waals surface area contributed by atoms with Gasteiger partial charge < -0.3 is 31.1 Å². The third-order valence-corrected chi connectivity index (χ3v) is 6.87. The normalized spacial score (nSPS) is 14.8. The molecule has 4 rings (SSSR count). The van der Waals surface area contributed by atoms with E-state index in [1.54, 1.807) is 39.0 Å². The Morgan fingerprint density at radius 3 is 2.24 bits per heavy atom. The van der Waals surface area contributed by atoms with Crippen LogP contribution in [0.2, 0.25) is 0 Å². The molecule has 10 nitrogen and oxygen atoms in total. The Morgan fingerprint density at radius 1 is 1.00 bits per heavy atom. The number of phenols is 1. The first-order valence-corrected chi connectivity index (χ1v) is 13.6. The predicted molar refractivity (Wildman–Crippen MR) is 155 cm³/mol. The van der Waals surface area contributed by atoms with Crippen molar-refractivity contribution in [1.29, 1.82) is 0 Å². The van der Waals surface area contributed by atoms with Crippen LogP contribution >= 0.6 is 0 Å². The van der Waals surface area contributed by atoms with Gasteiger partial charge >= 0.3 is 6.09 Å². The number of hydrogen-bond donors (Lipinski definition) is 4. The minimum Gasteiger partial charge on any atom is -0.508 e. The Hall–Kier alpha value is -4.60. The SMILES string of the molecule is CC(C)(C)OC(=O)NC(CC(N)=O)C(=O)N(C1CCC1)C(C(=O)Nc1ccc2ccccc2c1)c1ccc(O)cc1. The zero-order chi connectivity index (χ0) is 29.7. The highest BCUT2D eigenvalue weighted by molar-refractivity contribution is 6.01. The molecular formula is C31H36N4O6. The average molecular weight is 561 g/mol.